The van der Waals surface area contributed by atoms with Gasteiger partial charge in [0.2, 0.25) is 5.91 Å². The fraction of sp³-hybridized carbons (Fsp3) is 0.632. The summed E-state index contributed by atoms with van der Waals surface area (Å²) in [5, 5.41) is 0. The van der Waals surface area contributed by atoms with E-state index in [0.717, 1.165) is 62.9 Å². The van der Waals surface area contributed by atoms with Gasteiger partial charge in [-0.15, -0.1) is 0 Å². The summed E-state index contributed by atoms with van der Waals surface area (Å²) in [7, 11) is 0. The third kappa shape index (κ3) is 3.03. The Morgan fingerprint density at radius 3 is 2.60 bits per heavy atom. The second-order valence-electron chi connectivity index (χ2n) is 7.56. The number of hydrogen-bond acceptors (Lipinski definition) is 4. The summed E-state index contributed by atoms with van der Waals surface area (Å²) in [6.45, 7) is 2.33. The Morgan fingerprint density at radius 2 is 1.92 bits per heavy atom. The molecule has 3 aliphatic rings. The molecule has 1 saturated heterocycles. The Bertz CT molecular complexity index is 663. The average molecular weight is 342 g/mol. The molecular formula is C19H26N4O2. The molecule has 134 valence electrons. The van der Waals surface area contributed by atoms with E-state index in [4.69, 9.17) is 5.73 Å². The van der Waals surface area contributed by atoms with Crippen molar-refractivity contribution in [1.29, 1.82) is 0 Å². The standard InChI is InChI=1S/C19H26N4O2/c20-17(19(25)22-10-1-2-11-22)13-5-7-14(8-6-13)23-12-16-15(18(23)24)4-3-9-21-16/h3-4,9,13-14,17H,1-2,5-8,10-12,20H2/t13-,14-,17-/m0/s1. The van der Waals surface area contributed by atoms with Crippen LogP contribution in [-0.2, 0) is 11.3 Å². The van der Waals surface area contributed by atoms with Gasteiger partial charge in [0.15, 0.2) is 0 Å². The maximum absolute atomic E-state index is 12.6. The Balaban J connectivity index is 1.34. The highest BCUT2D eigenvalue weighted by atomic mass is 16.2. The highest BCUT2D eigenvalue weighted by Crippen LogP contribution is 2.33. The van der Waals surface area contributed by atoms with E-state index in [1.165, 1.54) is 0 Å². The summed E-state index contributed by atoms with van der Waals surface area (Å²) in [5.74, 6) is 0.460. The lowest BCUT2D eigenvalue weighted by atomic mass is 9.81. The SMILES string of the molecule is N[C@H](C(=O)N1CCCC1)[C@H]1CC[C@H](N2Cc3ncccc3C2=O)CC1. The lowest BCUT2D eigenvalue weighted by molar-refractivity contribution is -0.133. The van der Waals surface area contributed by atoms with Crippen LogP contribution in [0, 0.1) is 5.92 Å². The molecule has 1 aliphatic carbocycles. The zero-order valence-corrected chi connectivity index (χ0v) is 14.6. The van der Waals surface area contributed by atoms with E-state index in [9.17, 15) is 9.59 Å². The molecule has 1 saturated carbocycles. The van der Waals surface area contributed by atoms with Crippen molar-refractivity contribution in [2.45, 2.75) is 57.2 Å². The third-order valence-corrected chi connectivity index (χ3v) is 6.09. The smallest absolute Gasteiger partial charge is 0.256 e. The second kappa shape index (κ2) is 6.75. The molecule has 2 aliphatic heterocycles. The van der Waals surface area contributed by atoms with Crippen LogP contribution in [0.3, 0.4) is 0 Å². The molecule has 6 nitrogen and oxygen atoms in total. The van der Waals surface area contributed by atoms with E-state index in [-0.39, 0.29) is 29.8 Å². The van der Waals surface area contributed by atoms with Crippen LogP contribution in [0.15, 0.2) is 18.3 Å². The topological polar surface area (TPSA) is 79.5 Å². The lowest BCUT2D eigenvalue weighted by Gasteiger charge is -2.36. The number of rotatable bonds is 3. The molecule has 0 spiro atoms. The highest BCUT2D eigenvalue weighted by Gasteiger charge is 2.38. The number of pyridine rings is 1. The van der Waals surface area contributed by atoms with E-state index in [2.05, 4.69) is 4.98 Å². The molecule has 25 heavy (non-hydrogen) atoms. The van der Waals surface area contributed by atoms with E-state index >= 15 is 0 Å². The van der Waals surface area contributed by atoms with Crippen molar-refractivity contribution in [3.8, 4) is 0 Å². The summed E-state index contributed by atoms with van der Waals surface area (Å²) in [5.41, 5.74) is 7.91. The van der Waals surface area contributed by atoms with Crippen LogP contribution in [0.1, 0.15) is 54.6 Å². The first-order valence-corrected chi connectivity index (χ1v) is 9.44. The number of amides is 2. The first-order valence-electron chi connectivity index (χ1n) is 9.44. The van der Waals surface area contributed by atoms with E-state index < -0.39 is 0 Å². The molecule has 1 aromatic heterocycles. The van der Waals surface area contributed by atoms with Crippen molar-refractivity contribution in [3.63, 3.8) is 0 Å². The van der Waals surface area contributed by atoms with Crippen molar-refractivity contribution in [3.05, 3.63) is 29.6 Å². The minimum Gasteiger partial charge on any atom is -0.341 e. The van der Waals surface area contributed by atoms with E-state index in [1.807, 2.05) is 21.9 Å². The minimum atomic E-state index is -0.382. The van der Waals surface area contributed by atoms with E-state index in [1.54, 1.807) is 6.20 Å². The lowest BCUT2D eigenvalue weighted by Crippen LogP contribution is -2.49. The van der Waals surface area contributed by atoms with Crippen LogP contribution < -0.4 is 5.73 Å². The number of fused-ring (bicyclic) bond motifs is 1. The predicted octanol–water partition coefficient (Wildman–Crippen LogP) is 1.55. The molecule has 0 unspecified atom stereocenters. The molecular weight excluding hydrogens is 316 g/mol. The van der Waals surface area contributed by atoms with Crippen LogP contribution in [0.25, 0.3) is 0 Å². The zero-order chi connectivity index (χ0) is 17.4. The van der Waals surface area contributed by atoms with E-state index in [0.29, 0.717) is 6.54 Å². The van der Waals surface area contributed by atoms with Crippen molar-refractivity contribution >= 4 is 11.8 Å². The van der Waals surface area contributed by atoms with Gasteiger partial charge in [-0.05, 0) is 56.6 Å². The Hall–Kier alpha value is -1.95. The quantitative estimate of drug-likeness (QED) is 0.904. The predicted molar refractivity (Wildman–Crippen MR) is 93.6 cm³/mol. The summed E-state index contributed by atoms with van der Waals surface area (Å²) in [4.78, 5) is 33.3. The molecule has 1 aromatic rings. The van der Waals surface area contributed by atoms with Gasteiger partial charge in [0.1, 0.15) is 0 Å². The van der Waals surface area contributed by atoms with Gasteiger partial charge in [-0.25, -0.2) is 0 Å². The van der Waals surface area contributed by atoms with Gasteiger partial charge in [-0.2, -0.15) is 0 Å². The number of nitrogens with zero attached hydrogens (tertiary/aromatic N) is 3. The minimum absolute atomic E-state index is 0.101. The first-order chi connectivity index (χ1) is 12.1. The molecule has 6 heteroatoms. The molecule has 2 N–H and O–H groups in total. The number of nitrogens with two attached hydrogens (primary N) is 1. The third-order valence-electron chi connectivity index (χ3n) is 6.09. The summed E-state index contributed by atoms with van der Waals surface area (Å²) >= 11 is 0. The van der Waals surface area contributed by atoms with Crippen LogP contribution in [-0.4, -0.2) is 51.8 Å². The van der Waals surface area contributed by atoms with Gasteiger partial charge >= 0.3 is 0 Å². The van der Waals surface area contributed by atoms with Gasteiger partial charge in [0, 0.05) is 25.3 Å². The zero-order valence-electron chi connectivity index (χ0n) is 14.6. The van der Waals surface area contributed by atoms with Crippen LogP contribution in [0.5, 0.6) is 0 Å². The average Bonchev–Trinajstić information content (AvgIpc) is 3.30. The summed E-state index contributed by atoms with van der Waals surface area (Å²) < 4.78 is 0. The van der Waals surface area contributed by atoms with Crippen LogP contribution in [0.4, 0.5) is 0 Å². The van der Waals surface area contributed by atoms with Crippen LogP contribution >= 0.6 is 0 Å². The van der Waals surface area contributed by atoms with Crippen molar-refractivity contribution in [1.82, 2.24) is 14.8 Å². The summed E-state index contributed by atoms with van der Waals surface area (Å²) in [6.07, 6.45) is 7.61. The molecule has 3 heterocycles. The largest absolute Gasteiger partial charge is 0.341 e. The summed E-state index contributed by atoms with van der Waals surface area (Å²) in [6, 6.07) is 3.54. The second-order valence-corrected chi connectivity index (χ2v) is 7.56. The maximum atomic E-state index is 12.6. The number of hydrogen-bond donors (Lipinski definition) is 1. The molecule has 0 bridgehead atoms. The monoisotopic (exact) mass is 342 g/mol. The van der Waals surface area contributed by atoms with Crippen molar-refractivity contribution in [2.24, 2.45) is 11.7 Å². The molecule has 2 amide bonds. The molecule has 0 radical (unpaired) electrons. The van der Waals surface area contributed by atoms with Gasteiger partial charge in [0.25, 0.3) is 5.91 Å². The van der Waals surface area contributed by atoms with Crippen molar-refractivity contribution < 1.29 is 9.59 Å². The molecule has 0 aromatic carbocycles. The Labute approximate surface area is 148 Å². The number of carbonyl (C=O) groups is 2. The molecule has 4 rings (SSSR count). The molecule has 1 atom stereocenters. The highest BCUT2D eigenvalue weighted by molar-refractivity contribution is 5.97. The van der Waals surface area contributed by atoms with Gasteiger partial charge in [-0.3, -0.25) is 14.6 Å². The van der Waals surface area contributed by atoms with Crippen molar-refractivity contribution in [2.75, 3.05) is 13.1 Å². The fourth-order valence-electron chi connectivity index (χ4n) is 4.56. The Morgan fingerprint density at radius 1 is 1.20 bits per heavy atom. The number of carbonyl (C=O) groups excluding carboxylic acids is 2. The Kier molecular flexibility index (Phi) is 4.46. The fourth-order valence-corrected chi connectivity index (χ4v) is 4.56. The van der Waals surface area contributed by atoms with Crippen LogP contribution in [0.2, 0.25) is 0 Å². The first kappa shape index (κ1) is 16.5. The number of likely N-dealkylation sites (tertiary alicyclic amines) is 1. The molecule has 2 fully saturated rings. The van der Waals surface area contributed by atoms with Gasteiger partial charge < -0.3 is 15.5 Å². The maximum Gasteiger partial charge on any atom is 0.256 e. The normalized spacial score (nSPS) is 27.5. The van der Waals surface area contributed by atoms with Gasteiger partial charge in [-0.1, -0.05) is 0 Å². The van der Waals surface area contributed by atoms with Gasteiger partial charge in [0.05, 0.1) is 23.8 Å². The number of aromatic nitrogens is 1.